The van der Waals surface area contributed by atoms with Gasteiger partial charge in [0.2, 0.25) is 0 Å². The third kappa shape index (κ3) is 2.37. The van der Waals surface area contributed by atoms with Crippen molar-refractivity contribution in [1.29, 1.82) is 0 Å². The summed E-state index contributed by atoms with van der Waals surface area (Å²) in [6, 6.07) is 3.26. The molecule has 12 heavy (non-hydrogen) atoms. The Labute approximate surface area is 71.9 Å². The third-order valence-corrected chi connectivity index (χ3v) is 2.09. The summed E-state index contributed by atoms with van der Waals surface area (Å²) in [5, 5.41) is 0. The average molecular weight is 190 g/mol. The molecule has 0 amide bonds. The molecule has 0 heterocycles. The Hall–Kier alpha value is -0.770. The summed E-state index contributed by atoms with van der Waals surface area (Å²) in [7, 11) is -1.10. The highest BCUT2D eigenvalue weighted by molar-refractivity contribution is 7.83. The second-order valence-electron chi connectivity index (χ2n) is 2.45. The van der Waals surface area contributed by atoms with Crippen LogP contribution in [0.15, 0.2) is 18.2 Å². The fourth-order valence-corrected chi connectivity index (χ4v) is 1.53. The quantitative estimate of drug-likeness (QED) is 0.695. The first-order valence-electron chi connectivity index (χ1n) is 3.33. The lowest BCUT2D eigenvalue weighted by Crippen LogP contribution is -1.96. The second kappa shape index (κ2) is 3.76. The van der Waals surface area contributed by atoms with Crippen molar-refractivity contribution in [2.24, 2.45) is 0 Å². The molecule has 0 radical (unpaired) electrons. The molecule has 0 aliphatic heterocycles. The van der Waals surface area contributed by atoms with Gasteiger partial charge in [0.15, 0.2) is 0 Å². The molecule has 0 aromatic heterocycles. The van der Waals surface area contributed by atoms with E-state index < -0.39 is 22.4 Å². The van der Waals surface area contributed by atoms with E-state index in [1.165, 1.54) is 12.3 Å². The summed E-state index contributed by atoms with van der Waals surface area (Å²) in [5.74, 6) is -1.12. The maximum absolute atomic E-state index is 12.8. The van der Waals surface area contributed by atoms with Crippen LogP contribution in [0.4, 0.5) is 8.78 Å². The lowest BCUT2D eigenvalue weighted by atomic mass is 10.2. The van der Waals surface area contributed by atoms with Crippen LogP contribution in [-0.2, 0) is 16.6 Å². The largest absolute Gasteiger partial charge is 0.260 e. The molecule has 1 rings (SSSR count). The number of halogens is 2. The Kier molecular flexibility index (Phi) is 2.92. The normalized spacial score (nSPS) is 12.9. The Balaban J connectivity index is 2.93. The predicted octanol–water partition coefficient (Wildman–Crippen LogP) is 1.84. The van der Waals surface area contributed by atoms with E-state index in [1.807, 2.05) is 0 Å². The van der Waals surface area contributed by atoms with E-state index in [-0.39, 0.29) is 11.3 Å². The standard InChI is InChI=1S/C8H8F2OS/c1-12(11)5-6-2-3-7(9)4-8(6)10/h2-4H,5H2,1H3. The first-order chi connectivity index (χ1) is 5.59. The van der Waals surface area contributed by atoms with Crippen molar-refractivity contribution in [3.05, 3.63) is 35.4 Å². The zero-order valence-electron chi connectivity index (χ0n) is 6.51. The molecule has 0 bridgehead atoms. The van der Waals surface area contributed by atoms with E-state index in [0.29, 0.717) is 0 Å². The van der Waals surface area contributed by atoms with Crippen LogP contribution in [0.2, 0.25) is 0 Å². The van der Waals surface area contributed by atoms with Gasteiger partial charge in [-0.3, -0.25) is 4.21 Å². The van der Waals surface area contributed by atoms with Crippen LogP contribution in [0.5, 0.6) is 0 Å². The van der Waals surface area contributed by atoms with Crippen molar-refractivity contribution in [2.45, 2.75) is 5.75 Å². The van der Waals surface area contributed by atoms with Gasteiger partial charge in [0.25, 0.3) is 0 Å². The molecule has 0 aliphatic carbocycles. The molecule has 1 aromatic rings. The summed E-state index contributed by atoms with van der Waals surface area (Å²) in [5.41, 5.74) is 0.289. The van der Waals surface area contributed by atoms with Crippen LogP contribution >= 0.6 is 0 Å². The summed E-state index contributed by atoms with van der Waals surface area (Å²) in [4.78, 5) is 0. The fraction of sp³-hybridized carbons (Fsp3) is 0.250. The summed E-state index contributed by atoms with van der Waals surface area (Å²) in [6.07, 6.45) is 1.47. The first kappa shape index (κ1) is 9.32. The van der Waals surface area contributed by atoms with Crippen LogP contribution in [-0.4, -0.2) is 10.5 Å². The molecule has 0 spiro atoms. The molecular formula is C8H8F2OS. The highest BCUT2D eigenvalue weighted by Crippen LogP contribution is 2.10. The lowest BCUT2D eigenvalue weighted by Gasteiger charge is -1.99. The molecule has 1 atom stereocenters. The molecular weight excluding hydrogens is 182 g/mol. The van der Waals surface area contributed by atoms with Gasteiger partial charge in [-0.15, -0.1) is 0 Å². The maximum Gasteiger partial charge on any atom is 0.130 e. The molecule has 4 heteroatoms. The molecule has 1 aromatic carbocycles. The van der Waals surface area contributed by atoms with E-state index in [4.69, 9.17) is 0 Å². The van der Waals surface area contributed by atoms with Crippen molar-refractivity contribution in [3.8, 4) is 0 Å². The maximum atomic E-state index is 12.8. The van der Waals surface area contributed by atoms with E-state index in [0.717, 1.165) is 12.1 Å². The van der Waals surface area contributed by atoms with Gasteiger partial charge >= 0.3 is 0 Å². The summed E-state index contributed by atoms with van der Waals surface area (Å²) < 4.78 is 35.9. The fourth-order valence-electron chi connectivity index (χ4n) is 0.858. The molecule has 0 aliphatic rings. The Morgan fingerprint density at radius 3 is 2.58 bits per heavy atom. The van der Waals surface area contributed by atoms with Gasteiger partial charge in [0, 0.05) is 28.7 Å². The minimum atomic E-state index is -1.10. The van der Waals surface area contributed by atoms with Gasteiger partial charge < -0.3 is 0 Å². The molecule has 0 N–H and O–H groups in total. The Bertz CT molecular complexity index is 312. The highest BCUT2D eigenvalue weighted by atomic mass is 32.2. The van der Waals surface area contributed by atoms with Crippen molar-refractivity contribution in [3.63, 3.8) is 0 Å². The average Bonchev–Trinajstić information content (AvgIpc) is 1.94. The van der Waals surface area contributed by atoms with E-state index in [9.17, 15) is 13.0 Å². The number of hydrogen-bond acceptors (Lipinski definition) is 1. The van der Waals surface area contributed by atoms with E-state index >= 15 is 0 Å². The second-order valence-corrected chi connectivity index (χ2v) is 3.89. The number of hydrogen-bond donors (Lipinski definition) is 0. The predicted molar refractivity (Wildman–Crippen MR) is 44.1 cm³/mol. The molecule has 1 nitrogen and oxygen atoms in total. The summed E-state index contributed by atoms with van der Waals surface area (Å²) >= 11 is 0. The Morgan fingerprint density at radius 1 is 1.42 bits per heavy atom. The SMILES string of the molecule is CS(=O)Cc1ccc(F)cc1F. The molecule has 1 unspecified atom stereocenters. The van der Waals surface area contributed by atoms with Gasteiger partial charge in [0.05, 0.1) is 5.75 Å². The molecule has 66 valence electrons. The van der Waals surface area contributed by atoms with Crippen molar-refractivity contribution >= 4 is 10.8 Å². The van der Waals surface area contributed by atoms with E-state index in [2.05, 4.69) is 0 Å². The molecule has 0 saturated carbocycles. The zero-order valence-corrected chi connectivity index (χ0v) is 7.33. The van der Waals surface area contributed by atoms with Crippen molar-refractivity contribution < 1.29 is 13.0 Å². The first-order valence-corrected chi connectivity index (χ1v) is 5.06. The minimum Gasteiger partial charge on any atom is -0.260 e. The van der Waals surface area contributed by atoms with Gasteiger partial charge in [-0.2, -0.15) is 0 Å². The number of benzene rings is 1. The van der Waals surface area contributed by atoms with Gasteiger partial charge in [-0.1, -0.05) is 6.07 Å². The smallest absolute Gasteiger partial charge is 0.130 e. The topological polar surface area (TPSA) is 17.1 Å². The van der Waals surface area contributed by atoms with Gasteiger partial charge in [-0.25, -0.2) is 8.78 Å². The zero-order chi connectivity index (χ0) is 9.14. The van der Waals surface area contributed by atoms with Crippen LogP contribution in [0.1, 0.15) is 5.56 Å². The Morgan fingerprint density at radius 2 is 2.08 bits per heavy atom. The minimum absolute atomic E-state index is 0.131. The lowest BCUT2D eigenvalue weighted by molar-refractivity contribution is 0.576. The number of rotatable bonds is 2. The third-order valence-electron chi connectivity index (χ3n) is 1.37. The van der Waals surface area contributed by atoms with Crippen molar-refractivity contribution in [1.82, 2.24) is 0 Å². The molecule has 0 saturated heterocycles. The van der Waals surface area contributed by atoms with Crippen LogP contribution in [0, 0.1) is 11.6 Å². The van der Waals surface area contributed by atoms with Gasteiger partial charge in [0.1, 0.15) is 11.6 Å². The van der Waals surface area contributed by atoms with Gasteiger partial charge in [-0.05, 0) is 6.07 Å². The van der Waals surface area contributed by atoms with Crippen LogP contribution < -0.4 is 0 Å². The molecule has 0 fully saturated rings. The van der Waals surface area contributed by atoms with E-state index in [1.54, 1.807) is 0 Å². The monoisotopic (exact) mass is 190 g/mol. The van der Waals surface area contributed by atoms with Crippen LogP contribution in [0.25, 0.3) is 0 Å². The van der Waals surface area contributed by atoms with Crippen molar-refractivity contribution in [2.75, 3.05) is 6.26 Å². The summed E-state index contributed by atoms with van der Waals surface area (Å²) in [6.45, 7) is 0. The highest BCUT2D eigenvalue weighted by Gasteiger charge is 2.04. The van der Waals surface area contributed by atoms with Crippen LogP contribution in [0.3, 0.4) is 0 Å².